The van der Waals surface area contributed by atoms with Crippen molar-refractivity contribution in [2.75, 3.05) is 0 Å². The first-order chi connectivity index (χ1) is 5.72. The van der Waals surface area contributed by atoms with Crippen LogP contribution in [0.5, 0.6) is 0 Å². The molecule has 0 atom stereocenters. The molecule has 0 bridgehead atoms. The van der Waals surface area contributed by atoms with Crippen molar-refractivity contribution in [1.29, 1.82) is 0 Å². The maximum absolute atomic E-state index is 10.0. The molecule has 2 N–H and O–H groups in total. The zero-order valence-electron chi connectivity index (χ0n) is 7.01. The predicted molar refractivity (Wildman–Crippen MR) is 48.3 cm³/mol. The third kappa shape index (κ3) is 0.994. The molecular formula is C10H13NO. The van der Waals surface area contributed by atoms with E-state index in [0.29, 0.717) is 0 Å². The van der Waals surface area contributed by atoms with Gasteiger partial charge in [0.2, 0.25) is 0 Å². The van der Waals surface area contributed by atoms with E-state index in [4.69, 9.17) is 0 Å². The Morgan fingerprint density at radius 2 is 2.25 bits per heavy atom. The summed E-state index contributed by atoms with van der Waals surface area (Å²) in [6.45, 7) is 3.85. The molecule has 1 saturated carbocycles. The molecule has 64 valence electrons. The summed E-state index contributed by atoms with van der Waals surface area (Å²) in [6.07, 6.45) is 8.53. The molecule has 1 heterocycles. The molecule has 0 aromatic carbocycles. The SMILES string of the molecule is C=C1NC=CC=C1C1(O)CCC1. The molecular weight excluding hydrogens is 150 g/mol. The Morgan fingerprint density at radius 1 is 1.50 bits per heavy atom. The molecule has 0 aromatic rings. The molecule has 0 aromatic heterocycles. The molecule has 1 aliphatic heterocycles. The summed E-state index contributed by atoms with van der Waals surface area (Å²) in [6, 6.07) is 0. The van der Waals surface area contributed by atoms with Crippen LogP contribution < -0.4 is 5.32 Å². The fourth-order valence-corrected chi connectivity index (χ4v) is 1.69. The summed E-state index contributed by atoms with van der Waals surface area (Å²) in [4.78, 5) is 0. The number of rotatable bonds is 1. The summed E-state index contributed by atoms with van der Waals surface area (Å²) in [5, 5.41) is 13.0. The maximum atomic E-state index is 10.0. The monoisotopic (exact) mass is 163 g/mol. The van der Waals surface area contributed by atoms with Gasteiger partial charge in [0, 0.05) is 17.5 Å². The predicted octanol–water partition coefficient (Wildman–Crippen LogP) is 1.46. The largest absolute Gasteiger partial charge is 0.385 e. The van der Waals surface area contributed by atoms with Crippen molar-refractivity contribution in [2.24, 2.45) is 0 Å². The van der Waals surface area contributed by atoms with Crippen molar-refractivity contribution in [3.8, 4) is 0 Å². The van der Waals surface area contributed by atoms with Gasteiger partial charge in [0.05, 0.1) is 5.60 Å². The zero-order chi connectivity index (χ0) is 8.60. The normalized spacial score (nSPS) is 25.8. The molecule has 0 amide bonds. The molecule has 2 aliphatic rings. The molecule has 0 unspecified atom stereocenters. The van der Waals surface area contributed by atoms with E-state index in [0.717, 1.165) is 30.5 Å². The van der Waals surface area contributed by atoms with Crippen molar-refractivity contribution in [3.05, 3.63) is 36.2 Å². The van der Waals surface area contributed by atoms with Gasteiger partial charge in [-0.3, -0.25) is 0 Å². The van der Waals surface area contributed by atoms with Crippen LogP contribution in [-0.4, -0.2) is 10.7 Å². The average molecular weight is 163 g/mol. The highest BCUT2D eigenvalue weighted by Crippen LogP contribution is 2.40. The third-order valence-electron chi connectivity index (χ3n) is 2.62. The van der Waals surface area contributed by atoms with Crippen molar-refractivity contribution in [3.63, 3.8) is 0 Å². The van der Waals surface area contributed by atoms with Crippen LogP contribution in [0.3, 0.4) is 0 Å². The van der Waals surface area contributed by atoms with Gasteiger partial charge in [-0.05, 0) is 25.3 Å². The fraction of sp³-hybridized carbons (Fsp3) is 0.400. The van der Waals surface area contributed by atoms with E-state index in [2.05, 4.69) is 11.9 Å². The summed E-state index contributed by atoms with van der Waals surface area (Å²) in [7, 11) is 0. The first kappa shape index (κ1) is 7.62. The third-order valence-corrected chi connectivity index (χ3v) is 2.62. The minimum absolute atomic E-state index is 0.588. The van der Waals surface area contributed by atoms with Crippen molar-refractivity contribution in [1.82, 2.24) is 5.32 Å². The van der Waals surface area contributed by atoms with Gasteiger partial charge in [0.25, 0.3) is 0 Å². The average Bonchev–Trinajstić information content (AvgIpc) is 2.01. The lowest BCUT2D eigenvalue weighted by Gasteiger charge is -2.40. The molecule has 2 heteroatoms. The van der Waals surface area contributed by atoms with Crippen LogP contribution in [0, 0.1) is 0 Å². The smallest absolute Gasteiger partial charge is 0.0916 e. The number of aliphatic hydroxyl groups is 1. The van der Waals surface area contributed by atoms with Gasteiger partial charge >= 0.3 is 0 Å². The molecule has 1 aliphatic carbocycles. The number of hydrogen-bond acceptors (Lipinski definition) is 2. The van der Waals surface area contributed by atoms with Crippen LogP contribution in [-0.2, 0) is 0 Å². The van der Waals surface area contributed by atoms with Crippen LogP contribution in [0.2, 0.25) is 0 Å². The lowest BCUT2D eigenvalue weighted by molar-refractivity contribution is 0.00413. The Bertz CT molecular complexity index is 272. The molecule has 2 nitrogen and oxygen atoms in total. The lowest BCUT2D eigenvalue weighted by atomic mass is 9.73. The molecule has 0 radical (unpaired) electrons. The number of nitrogens with one attached hydrogen (secondary N) is 1. The quantitative estimate of drug-likeness (QED) is 0.613. The highest BCUT2D eigenvalue weighted by atomic mass is 16.3. The standard InChI is InChI=1S/C10H13NO/c1-8-9(4-2-7-11-8)10(12)5-3-6-10/h2,4,7,11-12H,1,3,5-6H2. The van der Waals surface area contributed by atoms with Gasteiger partial charge in [0.15, 0.2) is 0 Å². The topological polar surface area (TPSA) is 32.3 Å². The lowest BCUT2D eigenvalue weighted by Crippen LogP contribution is -2.41. The van der Waals surface area contributed by atoms with Gasteiger partial charge in [-0.1, -0.05) is 12.7 Å². The Labute approximate surface area is 72.3 Å². The van der Waals surface area contributed by atoms with Crippen LogP contribution in [0.1, 0.15) is 19.3 Å². The maximum Gasteiger partial charge on any atom is 0.0916 e. The second-order valence-corrected chi connectivity index (χ2v) is 3.45. The van der Waals surface area contributed by atoms with Crippen molar-refractivity contribution < 1.29 is 5.11 Å². The van der Waals surface area contributed by atoms with Gasteiger partial charge in [-0.2, -0.15) is 0 Å². The Kier molecular flexibility index (Phi) is 1.58. The zero-order valence-corrected chi connectivity index (χ0v) is 7.01. The second kappa shape index (κ2) is 2.49. The molecule has 0 spiro atoms. The molecule has 12 heavy (non-hydrogen) atoms. The van der Waals surface area contributed by atoms with Crippen LogP contribution in [0.15, 0.2) is 36.2 Å². The second-order valence-electron chi connectivity index (χ2n) is 3.45. The molecule has 2 rings (SSSR count). The van der Waals surface area contributed by atoms with Crippen LogP contribution in [0.4, 0.5) is 0 Å². The van der Waals surface area contributed by atoms with Gasteiger partial charge < -0.3 is 10.4 Å². The number of dihydropyridines is 1. The van der Waals surface area contributed by atoms with E-state index >= 15 is 0 Å². The highest BCUT2D eigenvalue weighted by molar-refractivity contribution is 5.42. The van der Waals surface area contributed by atoms with Gasteiger partial charge in [-0.25, -0.2) is 0 Å². The molecule has 0 saturated heterocycles. The van der Waals surface area contributed by atoms with Gasteiger partial charge in [0.1, 0.15) is 0 Å². The Hall–Kier alpha value is -1.02. The van der Waals surface area contributed by atoms with E-state index in [-0.39, 0.29) is 0 Å². The first-order valence-corrected chi connectivity index (χ1v) is 4.28. The first-order valence-electron chi connectivity index (χ1n) is 4.28. The summed E-state index contributed by atoms with van der Waals surface area (Å²) in [5.74, 6) is 0. The highest BCUT2D eigenvalue weighted by Gasteiger charge is 2.39. The molecule has 1 fully saturated rings. The Morgan fingerprint density at radius 3 is 2.75 bits per heavy atom. The summed E-state index contributed by atoms with van der Waals surface area (Å²) < 4.78 is 0. The van der Waals surface area contributed by atoms with Crippen molar-refractivity contribution >= 4 is 0 Å². The van der Waals surface area contributed by atoms with Crippen molar-refractivity contribution in [2.45, 2.75) is 24.9 Å². The van der Waals surface area contributed by atoms with E-state index in [1.807, 2.05) is 18.4 Å². The van der Waals surface area contributed by atoms with E-state index in [1.54, 1.807) is 0 Å². The summed E-state index contributed by atoms with van der Waals surface area (Å²) in [5.41, 5.74) is 1.20. The van der Waals surface area contributed by atoms with Gasteiger partial charge in [-0.15, -0.1) is 0 Å². The minimum Gasteiger partial charge on any atom is -0.385 e. The number of allylic oxidation sites excluding steroid dienone is 2. The minimum atomic E-state index is -0.588. The fourth-order valence-electron chi connectivity index (χ4n) is 1.69. The van der Waals surface area contributed by atoms with E-state index in [9.17, 15) is 5.11 Å². The Balaban J connectivity index is 2.26. The van der Waals surface area contributed by atoms with E-state index < -0.39 is 5.60 Å². The van der Waals surface area contributed by atoms with Crippen LogP contribution in [0.25, 0.3) is 0 Å². The number of hydrogen-bond donors (Lipinski definition) is 2. The van der Waals surface area contributed by atoms with Crippen LogP contribution >= 0.6 is 0 Å². The summed E-state index contributed by atoms with van der Waals surface area (Å²) >= 11 is 0. The van der Waals surface area contributed by atoms with E-state index in [1.165, 1.54) is 0 Å².